The van der Waals surface area contributed by atoms with E-state index in [0.29, 0.717) is 10.4 Å². The second-order valence-corrected chi connectivity index (χ2v) is 4.80. The first-order valence-corrected chi connectivity index (χ1v) is 6.45. The Morgan fingerprint density at radius 2 is 2.05 bits per heavy atom. The van der Waals surface area contributed by atoms with Gasteiger partial charge in [0.1, 0.15) is 11.0 Å². The third kappa shape index (κ3) is 3.17. The lowest BCUT2D eigenvalue weighted by molar-refractivity contribution is 0.0343. The van der Waals surface area contributed by atoms with Crippen molar-refractivity contribution in [3.8, 4) is 0 Å². The summed E-state index contributed by atoms with van der Waals surface area (Å²) < 4.78 is 5.31. The van der Waals surface area contributed by atoms with E-state index >= 15 is 0 Å². The normalized spacial score (nSPS) is 11.8. The number of carbonyl (C=O) groups is 2. The van der Waals surface area contributed by atoms with E-state index in [9.17, 15) is 9.59 Å². The van der Waals surface area contributed by atoms with Crippen LogP contribution in [0.2, 0.25) is 0 Å². The van der Waals surface area contributed by atoms with E-state index in [2.05, 4.69) is 4.98 Å². The summed E-state index contributed by atoms with van der Waals surface area (Å²) >= 11 is 1.14. The van der Waals surface area contributed by atoms with Crippen LogP contribution in [0.3, 0.4) is 0 Å². The molecule has 1 unspecified atom stereocenters. The largest absolute Gasteiger partial charge is 0.454 e. The summed E-state index contributed by atoms with van der Waals surface area (Å²) in [7, 11) is 0. The molecule has 0 fully saturated rings. The number of thiophene rings is 1. The summed E-state index contributed by atoms with van der Waals surface area (Å²) in [4.78, 5) is 27.1. The molecule has 1 amide bonds. The van der Waals surface area contributed by atoms with Gasteiger partial charge in [-0.15, -0.1) is 11.3 Å². The quantitative estimate of drug-likeness (QED) is 0.867. The van der Waals surface area contributed by atoms with Gasteiger partial charge in [0, 0.05) is 17.8 Å². The van der Waals surface area contributed by atoms with Gasteiger partial charge in [-0.05, 0) is 30.7 Å². The number of rotatable bonds is 4. The molecule has 0 saturated heterocycles. The van der Waals surface area contributed by atoms with Gasteiger partial charge in [0.25, 0.3) is 0 Å². The first-order valence-electron chi connectivity index (χ1n) is 5.57. The Bertz CT molecular complexity index is 595. The van der Waals surface area contributed by atoms with Gasteiger partial charge in [-0.1, -0.05) is 0 Å². The Labute approximate surface area is 114 Å². The molecule has 6 heteroatoms. The summed E-state index contributed by atoms with van der Waals surface area (Å²) in [6.45, 7) is 1.77. The summed E-state index contributed by atoms with van der Waals surface area (Å²) in [6.07, 6.45) is 2.89. The summed E-state index contributed by atoms with van der Waals surface area (Å²) in [5.74, 6) is -1.03. The fourth-order valence-corrected chi connectivity index (χ4v) is 2.27. The number of aromatic nitrogens is 1. The highest BCUT2D eigenvalue weighted by Crippen LogP contribution is 2.21. The van der Waals surface area contributed by atoms with Crippen LogP contribution in [-0.4, -0.2) is 16.9 Å². The number of hydrogen-bond donors (Lipinski definition) is 1. The lowest BCUT2D eigenvalue weighted by atomic mass is 10.2. The van der Waals surface area contributed by atoms with Crippen molar-refractivity contribution < 1.29 is 14.3 Å². The number of esters is 1. The van der Waals surface area contributed by atoms with Gasteiger partial charge in [-0.25, -0.2) is 4.79 Å². The smallest absolute Gasteiger partial charge is 0.348 e. The molecule has 0 spiro atoms. The average molecular weight is 276 g/mol. The predicted octanol–water partition coefficient (Wildman–Crippen LogP) is 2.16. The number of carbonyl (C=O) groups excluding carboxylic acids is 2. The Morgan fingerprint density at radius 1 is 1.37 bits per heavy atom. The van der Waals surface area contributed by atoms with Gasteiger partial charge in [0.05, 0.1) is 5.56 Å². The van der Waals surface area contributed by atoms with Crippen LogP contribution < -0.4 is 5.73 Å². The van der Waals surface area contributed by atoms with Gasteiger partial charge in [-0.3, -0.25) is 9.78 Å². The van der Waals surface area contributed by atoms with Crippen LogP contribution in [0, 0.1) is 0 Å². The molecule has 5 nitrogen and oxygen atoms in total. The zero-order valence-electron chi connectivity index (χ0n) is 10.2. The van der Waals surface area contributed by atoms with Gasteiger partial charge < -0.3 is 10.5 Å². The molecule has 0 saturated carbocycles. The Morgan fingerprint density at radius 3 is 2.63 bits per heavy atom. The molecule has 0 aliphatic rings. The molecule has 2 aromatic rings. The van der Waals surface area contributed by atoms with E-state index < -0.39 is 11.9 Å². The molecule has 0 aromatic carbocycles. The van der Waals surface area contributed by atoms with Crippen LogP contribution in [0.15, 0.2) is 36.0 Å². The van der Waals surface area contributed by atoms with E-state index in [4.69, 9.17) is 10.5 Å². The van der Waals surface area contributed by atoms with Gasteiger partial charge in [0.2, 0.25) is 5.91 Å². The molecule has 98 valence electrons. The number of amides is 1. The molecule has 1 atom stereocenters. The second-order valence-electron chi connectivity index (χ2n) is 3.89. The van der Waals surface area contributed by atoms with Gasteiger partial charge in [0.15, 0.2) is 0 Å². The average Bonchev–Trinajstić information content (AvgIpc) is 2.89. The van der Waals surface area contributed by atoms with Crippen molar-refractivity contribution in [1.29, 1.82) is 0 Å². The molecule has 0 radical (unpaired) electrons. The summed E-state index contributed by atoms with van der Waals surface area (Å²) in [6, 6.07) is 5.00. The minimum Gasteiger partial charge on any atom is -0.454 e. The zero-order valence-corrected chi connectivity index (χ0v) is 11.0. The number of pyridine rings is 1. The van der Waals surface area contributed by atoms with E-state index in [0.717, 1.165) is 16.9 Å². The third-order valence-corrected chi connectivity index (χ3v) is 3.45. The number of primary amides is 1. The topological polar surface area (TPSA) is 82.3 Å². The lowest BCUT2D eigenvalue weighted by Gasteiger charge is -2.12. The standard InChI is InChI=1S/C13H12N2O3S/c1-8(9-2-4-15-5-3-9)18-13(17)11-6-10(7-19-11)12(14)16/h2-8H,1H3,(H2,14,16). The molecule has 0 bridgehead atoms. The maximum Gasteiger partial charge on any atom is 0.348 e. The van der Waals surface area contributed by atoms with Gasteiger partial charge in [-0.2, -0.15) is 0 Å². The number of ether oxygens (including phenoxy) is 1. The van der Waals surface area contributed by atoms with Crippen molar-refractivity contribution in [3.63, 3.8) is 0 Å². The lowest BCUT2D eigenvalue weighted by Crippen LogP contribution is -2.10. The van der Waals surface area contributed by atoms with Crippen LogP contribution in [0.4, 0.5) is 0 Å². The van der Waals surface area contributed by atoms with Crippen molar-refractivity contribution >= 4 is 23.2 Å². The highest BCUT2D eigenvalue weighted by Gasteiger charge is 2.16. The van der Waals surface area contributed by atoms with Crippen molar-refractivity contribution in [1.82, 2.24) is 4.98 Å². The van der Waals surface area contributed by atoms with Crippen molar-refractivity contribution in [3.05, 3.63) is 52.0 Å². The second kappa shape index (κ2) is 5.62. The molecule has 2 aromatic heterocycles. The SMILES string of the molecule is CC(OC(=O)c1cc(C(N)=O)cs1)c1ccncc1. The minimum absolute atomic E-state index is 0.313. The molecule has 2 N–H and O–H groups in total. The number of nitrogens with two attached hydrogens (primary N) is 1. The minimum atomic E-state index is -0.558. The Hall–Kier alpha value is -2.21. The third-order valence-electron chi connectivity index (χ3n) is 2.54. The van der Waals surface area contributed by atoms with E-state index in [1.807, 2.05) is 0 Å². The molecular formula is C13H12N2O3S. The van der Waals surface area contributed by atoms with Crippen molar-refractivity contribution in [2.24, 2.45) is 5.73 Å². The summed E-state index contributed by atoms with van der Waals surface area (Å²) in [5, 5.41) is 1.54. The fourth-order valence-electron chi connectivity index (χ4n) is 1.49. The highest BCUT2D eigenvalue weighted by atomic mass is 32.1. The fraction of sp³-hybridized carbons (Fsp3) is 0.154. The molecule has 19 heavy (non-hydrogen) atoms. The molecular weight excluding hydrogens is 264 g/mol. The van der Waals surface area contributed by atoms with Crippen LogP contribution >= 0.6 is 11.3 Å². The number of hydrogen-bond acceptors (Lipinski definition) is 5. The molecule has 2 heterocycles. The Balaban J connectivity index is 2.06. The maximum absolute atomic E-state index is 11.9. The highest BCUT2D eigenvalue weighted by molar-refractivity contribution is 7.12. The molecule has 2 rings (SSSR count). The molecule has 0 aliphatic carbocycles. The molecule has 0 aliphatic heterocycles. The van der Waals surface area contributed by atoms with E-state index in [-0.39, 0.29) is 6.10 Å². The van der Waals surface area contributed by atoms with Crippen LogP contribution in [-0.2, 0) is 4.74 Å². The van der Waals surface area contributed by atoms with Crippen molar-refractivity contribution in [2.45, 2.75) is 13.0 Å². The summed E-state index contributed by atoms with van der Waals surface area (Å²) in [5.41, 5.74) is 6.30. The van der Waals surface area contributed by atoms with E-state index in [1.165, 1.54) is 11.4 Å². The van der Waals surface area contributed by atoms with Crippen LogP contribution in [0.5, 0.6) is 0 Å². The van der Waals surface area contributed by atoms with E-state index in [1.54, 1.807) is 31.5 Å². The van der Waals surface area contributed by atoms with Crippen molar-refractivity contribution in [2.75, 3.05) is 0 Å². The first-order chi connectivity index (χ1) is 9.08. The predicted molar refractivity (Wildman–Crippen MR) is 70.9 cm³/mol. The Kier molecular flexibility index (Phi) is 3.91. The van der Waals surface area contributed by atoms with Gasteiger partial charge >= 0.3 is 5.97 Å². The van der Waals surface area contributed by atoms with Crippen LogP contribution in [0.1, 0.15) is 38.6 Å². The van der Waals surface area contributed by atoms with Crippen LogP contribution in [0.25, 0.3) is 0 Å². The first kappa shape index (κ1) is 13.2. The maximum atomic E-state index is 11.9. The zero-order chi connectivity index (χ0) is 13.8. The number of nitrogens with zero attached hydrogens (tertiary/aromatic N) is 1. The monoisotopic (exact) mass is 276 g/mol.